The molecule has 1 amide bonds. The molecule has 6 rings (SSSR count). The van der Waals surface area contributed by atoms with Crippen LogP contribution in [-0.4, -0.2) is 68.8 Å². The molecule has 214 valence electrons. The van der Waals surface area contributed by atoms with E-state index in [0.29, 0.717) is 42.9 Å². The second-order valence-electron chi connectivity index (χ2n) is 11.4. The van der Waals surface area contributed by atoms with Crippen molar-refractivity contribution in [1.82, 2.24) is 24.4 Å². The van der Waals surface area contributed by atoms with E-state index in [9.17, 15) is 4.79 Å². The number of imidazole rings is 1. The molecule has 1 aliphatic heterocycles. The van der Waals surface area contributed by atoms with Crippen molar-refractivity contribution in [3.63, 3.8) is 0 Å². The van der Waals surface area contributed by atoms with Crippen LogP contribution in [0, 0.1) is 0 Å². The fraction of sp³-hybridized carbons (Fsp3) is 0.586. The number of fused-ring (bicyclic) bond motifs is 1. The van der Waals surface area contributed by atoms with Gasteiger partial charge in [-0.1, -0.05) is 12.8 Å². The monoisotopic (exact) mass is 548 g/mol. The number of hydrogen-bond acceptors (Lipinski definition) is 9. The molecule has 40 heavy (non-hydrogen) atoms. The number of anilines is 2. The van der Waals surface area contributed by atoms with Crippen molar-refractivity contribution in [2.24, 2.45) is 5.73 Å². The van der Waals surface area contributed by atoms with Gasteiger partial charge in [0.2, 0.25) is 5.95 Å². The zero-order valence-electron chi connectivity index (χ0n) is 23.2. The molecule has 2 aliphatic carbocycles. The third-order valence-corrected chi connectivity index (χ3v) is 8.60. The van der Waals surface area contributed by atoms with Crippen LogP contribution in [0.25, 0.3) is 11.2 Å². The van der Waals surface area contributed by atoms with Crippen LogP contribution in [0.1, 0.15) is 70.3 Å². The first kappa shape index (κ1) is 26.6. The van der Waals surface area contributed by atoms with Crippen molar-refractivity contribution in [3.05, 3.63) is 30.6 Å². The number of aromatic nitrogens is 4. The van der Waals surface area contributed by atoms with Crippen molar-refractivity contribution in [1.29, 1.82) is 0 Å². The minimum absolute atomic E-state index is 0.167. The van der Waals surface area contributed by atoms with Crippen LogP contribution < -0.4 is 25.8 Å². The number of methoxy groups -OCH3 is 1. The normalized spacial score (nSPS) is 22.4. The minimum Gasteiger partial charge on any atom is -0.497 e. The standard InChI is InChI=1S/C29H40N8O3/c1-39-23-10-12-24(13-11-23)40-29(38)36-16-14-21(15-17-36)32-26-25-27(37(18-31-25)22-4-2-3-5-22)35-28(34-26)33-20-8-6-19(30)7-9-20/h10-13,18-22H,2-9,14-17,30H2,1H3,(H2,32,33,34,35)/t19-,20-. The lowest BCUT2D eigenvalue weighted by Gasteiger charge is -2.32. The van der Waals surface area contributed by atoms with Crippen molar-refractivity contribution < 1.29 is 14.3 Å². The first-order valence-corrected chi connectivity index (χ1v) is 14.7. The van der Waals surface area contributed by atoms with Gasteiger partial charge in [0, 0.05) is 37.3 Å². The Morgan fingerprint density at radius 3 is 2.27 bits per heavy atom. The van der Waals surface area contributed by atoms with E-state index in [4.69, 9.17) is 30.2 Å². The summed E-state index contributed by atoms with van der Waals surface area (Å²) < 4.78 is 13.0. The molecule has 11 nitrogen and oxygen atoms in total. The summed E-state index contributed by atoms with van der Waals surface area (Å²) >= 11 is 0. The fourth-order valence-corrected chi connectivity index (χ4v) is 6.19. The topological polar surface area (TPSA) is 132 Å². The van der Waals surface area contributed by atoms with Gasteiger partial charge in [-0.3, -0.25) is 0 Å². The molecule has 3 aliphatic rings. The number of benzene rings is 1. The average molecular weight is 549 g/mol. The van der Waals surface area contributed by atoms with Crippen molar-refractivity contribution in [2.45, 2.75) is 88.4 Å². The molecule has 1 saturated heterocycles. The largest absolute Gasteiger partial charge is 0.497 e. The van der Waals surface area contributed by atoms with Gasteiger partial charge in [-0.25, -0.2) is 9.78 Å². The molecule has 11 heteroatoms. The highest BCUT2D eigenvalue weighted by Crippen LogP contribution is 2.34. The predicted octanol–water partition coefficient (Wildman–Crippen LogP) is 4.71. The summed E-state index contributed by atoms with van der Waals surface area (Å²) in [6, 6.07) is 8.26. The van der Waals surface area contributed by atoms with Crippen LogP contribution >= 0.6 is 0 Å². The molecule has 2 aromatic heterocycles. The number of likely N-dealkylation sites (tertiary alicyclic amines) is 1. The maximum absolute atomic E-state index is 12.7. The van der Waals surface area contributed by atoms with E-state index in [-0.39, 0.29) is 12.1 Å². The van der Waals surface area contributed by atoms with Crippen LogP contribution in [0.2, 0.25) is 0 Å². The molecule has 0 spiro atoms. The molecule has 4 N–H and O–H groups in total. The highest BCUT2D eigenvalue weighted by Gasteiger charge is 2.27. The van der Waals surface area contributed by atoms with Crippen LogP contribution in [0.4, 0.5) is 16.6 Å². The molecule has 3 fully saturated rings. The summed E-state index contributed by atoms with van der Waals surface area (Å²) in [7, 11) is 1.61. The Morgan fingerprint density at radius 1 is 0.900 bits per heavy atom. The van der Waals surface area contributed by atoms with E-state index < -0.39 is 0 Å². The van der Waals surface area contributed by atoms with Crippen LogP contribution in [0.5, 0.6) is 11.5 Å². The smallest absolute Gasteiger partial charge is 0.415 e. The first-order chi connectivity index (χ1) is 19.6. The Balaban J connectivity index is 1.14. The minimum atomic E-state index is -0.331. The zero-order chi connectivity index (χ0) is 27.5. The lowest BCUT2D eigenvalue weighted by atomic mass is 9.92. The van der Waals surface area contributed by atoms with Crippen LogP contribution in [0.15, 0.2) is 30.6 Å². The van der Waals surface area contributed by atoms with E-state index in [1.807, 2.05) is 6.33 Å². The highest BCUT2D eigenvalue weighted by atomic mass is 16.6. The van der Waals surface area contributed by atoms with E-state index in [0.717, 1.165) is 74.1 Å². The van der Waals surface area contributed by atoms with Gasteiger partial charge in [-0.05, 0) is 75.6 Å². The lowest BCUT2D eigenvalue weighted by Crippen LogP contribution is -2.43. The predicted molar refractivity (Wildman–Crippen MR) is 154 cm³/mol. The van der Waals surface area contributed by atoms with Gasteiger partial charge >= 0.3 is 6.09 Å². The molecular weight excluding hydrogens is 508 g/mol. The Labute approximate surface area is 234 Å². The Hall–Kier alpha value is -3.60. The number of nitrogens with zero attached hydrogens (tertiary/aromatic N) is 5. The Bertz CT molecular complexity index is 1290. The molecule has 3 aromatic rings. The summed E-state index contributed by atoms with van der Waals surface area (Å²) in [4.78, 5) is 29.1. The third kappa shape index (κ3) is 5.94. The summed E-state index contributed by atoms with van der Waals surface area (Å²) in [5.41, 5.74) is 7.83. The molecule has 0 atom stereocenters. The van der Waals surface area contributed by atoms with Gasteiger partial charge in [-0.15, -0.1) is 0 Å². The number of rotatable bonds is 7. The number of carbonyl (C=O) groups excluding carboxylic acids is 1. The molecule has 1 aromatic carbocycles. The number of piperidine rings is 1. The molecule has 0 bridgehead atoms. The number of ether oxygens (including phenoxy) is 2. The SMILES string of the molecule is COc1ccc(OC(=O)N2CCC(Nc3nc(N[C@H]4CC[C@H](N)CC4)nc4c3ncn4C3CCCC3)CC2)cc1. The average Bonchev–Trinajstić information content (AvgIpc) is 3.65. The number of nitrogens with one attached hydrogen (secondary N) is 2. The number of amides is 1. The van der Waals surface area contributed by atoms with Gasteiger partial charge in [-0.2, -0.15) is 9.97 Å². The van der Waals surface area contributed by atoms with Crippen LogP contribution in [0.3, 0.4) is 0 Å². The molecular formula is C29H40N8O3. The second-order valence-corrected chi connectivity index (χ2v) is 11.4. The highest BCUT2D eigenvalue weighted by molar-refractivity contribution is 5.84. The summed E-state index contributed by atoms with van der Waals surface area (Å²) in [6.07, 6.45) is 12.1. The maximum atomic E-state index is 12.7. The molecule has 3 heterocycles. The molecule has 0 radical (unpaired) electrons. The summed E-state index contributed by atoms with van der Waals surface area (Å²) in [6.45, 7) is 1.20. The van der Waals surface area contributed by atoms with E-state index in [1.54, 1.807) is 36.3 Å². The quantitative estimate of drug-likeness (QED) is 0.384. The van der Waals surface area contributed by atoms with E-state index in [2.05, 4.69) is 15.2 Å². The Morgan fingerprint density at radius 2 is 1.57 bits per heavy atom. The maximum Gasteiger partial charge on any atom is 0.415 e. The summed E-state index contributed by atoms with van der Waals surface area (Å²) in [5.74, 6) is 2.64. The number of hydrogen-bond donors (Lipinski definition) is 3. The first-order valence-electron chi connectivity index (χ1n) is 14.7. The van der Waals surface area contributed by atoms with Crippen molar-refractivity contribution >= 4 is 29.0 Å². The molecule has 0 unspecified atom stereocenters. The van der Waals surface area contributed by atoms with Gasteiger partial charge in [0.05, 0.1) is 13.4 Å². The van der Waals surface area contributed by atoms with Gasteiger partial charge in [0.15, 0.2) is 17.0 Å². The van der Waals surface area contributed by atoms with E-state index in [1.165, 1.54) is 12.8 Å². The zero-order valence-corrected chi connectivity index (χ0v) is 23.2. The third-order valence-electron chi connectivity index (χ3n) is 8.60. The van der Waals surface area contributed by atoms with Gasteiger partial charge in [0.25, 0.3) is 0 Å². The number of carbonyl (C=O) groups is 1. The fourth-order valence-electron chi connectivity index (χ4n) is 6.19. The lowest BCUT2D eigenvalue weighted by molar-refractivity contribution is 0.140. The Kier molecular flexibility index (Phi) is 7.90. The van der Waals surface area contributed by atoms with Crippen molar-refractivity contribution in [2.75, 3.05) is 30.8 Å². The van der Waals surface area contributed by atoms with Crippen molar-refractivity contribution in [3.8, 4) is 11.5 Å². The van der Waals surface area contributed by atoms with Gasteiger partial charge in [0.1, 0.15) is 11.5 Å². The van der Waals surface area contributed by atoms with E-state index >= 15 is 0 Å². The summed E-state index contributed by atoms with van der Waals surface area (Å²) in [5, 5.41) is 7.25. The van der Waals surface area contributed by atoms with Crippen LogP contribution in [-0.2, 0) is 0 Å². The van der Waals surface area contributed by atoms with Gasteiger partial charge < -0.3 is 35.3 Å². The number of nitrogens with two attached hydrogens (primary N) is 1. The molecule has 2 saturated carbocycles. The second kappa shape index (κ2) is 11.9.